The Bertz CT molecular complexity index is 1020. The molecular formula is C26H33N5O2. The Hall–Kier alpha value is -3.19. The van der Waals surface area contributed by atoms with Gasteiger partial charge < -0.3 is 10.1 Å². The Morgan fingerprint density at radius 3 is 2.64 bits per heavy atom. The number of nitrogens with one attached hydrogen (secondary N) is 1. The summed E-state index contributed by atoms with van der Waals surface area (Å²) in [6.07, 6.45) is 7.20. The molecule has 1 aromatic carbocycles. The van der Waals surface area contributed by atoms with Crippen LogP contribution in [0.2, 0.25) is 0 Å². The van der Waals surface area contributed by atoms with E-state index in [4.69, 9.17) is 4.74 Å². The first-order valence-corrected chi connectivity index (χ1v) is 11.8. The molecule has 0 bridgehead atoms. The van der Waals surface area contributed by atoms with Crippen molar-refractivity contribution in [1.82, 2.24) is 25.0 Å². The highest BCUT2D eigenvalue weighted by Gasteiger charge is 2.22. The number of carbonyl (C=O) groups excluding carboxylic acids is 1. The van der Waals surface area contributed by atoms with Crippen LogP contribution >= 0.6 is 0 Å². The average Bonchev–Trinajstić information content (AvgIpc) is 3.18. The molecule has 7 nitrogen and oxygen atoms in total. The topological polar surface area (TPSA) is 72.3 Å². The van der Waals surface area contributed by atoms with Crippen molar-refractivity contribution in [2.24, 2.45) is 0 Å². The van der Waals surface area contributed by atoms with Crippen LogP contribution in [-0.2, 0) is 19.6 Å². The molecule has 1 aliphatic heterocycles. The molecule has 3 aromatic rings. The van der Waals surface area contributed by atoms with Crippen molar-refractivity contribution in [3.05, 3.63) is 77.4 Å². The lowest BCUT2D eigenvalue weighted by molar-refractivity contribution is 0.0947. The smallest absolute Gasteiger partial charge is 0.251 e. The van der Waals surface area contributed by atoms with Crippen LogP contribution in [0.1, 0.15) is 53.5 Å². The summed E-state index contributed by atoms with van der Waals surface area (Å²) in [4.78, 5) is 19.1. The normalized spacial score (nSPS) is 14.8. The molecule has 1 amide bonds. The second-order valence-electron chi connectivity index (χ2n) is 8.62. The van der Waals surface area contributed by atoms with E-state index >= 15 is 0 Å². The molecule has 1 saturated heterocycles. The third kappa shape index (κ3) is 6.42. The number of pyridine rings is 1. The van der Waals surface area contributed by atoms with Crippen LogP contribution in [0, 0.1) is 6.92 Å². The standard InChI is InChI=1S/C26H33N5O2/c1-3-14-31-19-22(20(2)29-31)18-30-15-11-25(12-16-30)33-24-9-7-21(8-10-24)26(32)28-17-23-6-4-5-13-27-23/h4-10,13,19,25H,3,11-12,14-18H2,1-2H3,(H,28,32). The number of hydrogen-bond donors (Lipinski definition) is 1. The first kappa shape index (κ1) is 23.0. The molecule has 0 aliphatic carbocycles. The molecule has 7 heteroatoms. The van der Waals surface area contributed by atoms with Gasteiger partial charge >= 0.3 is 0 Å². The van der Waals surface area contributed by atoms with Crippen LogP contribution in [-0.4, -0.2) is 44.8 Å². The molecule has 1 N–H and O–H groups in total. The number of carbonyl (C=O) groups is 1. The maximum Gasteiger partial charge on any atom is 0.251 e. The highest BCUT2D eigenvalue weighted by Crippen LogP contribution is 2.21. The van der Waals surface area contributed by atoms with Gasteiger partial charge in [-0.25, -0.2) is 0 Å². The van der Waals surface area contributed by atoms with Crippen LogP contribution in [0.25, 0.3) is 0 Å². The van der Waals surface area contributed by atoms with Crippen molar-refractivity contribution in [3.8, 4) is 5.75 Å². The Morgan fingerprint density at radius 1 is 1.15 bits per heavy atom. The molecule has 0 unspecified atom stereocenters. The molecular weight excluding hydrogens is 414 g/mol. The molecule has 0 atom stereocenters. The van der Waals surface area contributed by atoms with Gasteiger partial charge in [0.1, 0.15) is 11.9 Å². The van der Waals surface area contributed by atoms with Crippen molar-refractivity contribution >= 4 is 5.91 Å². The SMILES string of the molecule is CCCn1cc(CN2CCC(Oc3ccc(C(=O)NCc4ccccn4)cc3)CC2)c(C)n1. The van der Waals surface area contributed by atoms with Gasteiger partial charge in [0.05, 0.1) is 17.9 Å². The van der Waals surface area contributed by atoms with E-state index in [1.165, 1.54) is 5.56 Å². The Balaban J connectivity index is 1.22. The first-order chi connectivity index (χ1) is 16.1. The zero-order chi connectivity index (χ0) is 23.0. The molecule has 4 rings (SSSR count). The number of aromatic nitrogens is 3. The lowest BCUT2D eigenvalue weighted by Gasteiger charge is -2.32. The van der Waals surface area contributed by atoms with E-state index < -0.39 is 0 Å². The molecule has 0 saturated carbocycles. The van der Waals surface area contributed by atoms with Crippen molar-refractivity contribution < 1.29 is 9.53 Å². The van der Waals surface area contributed by atoms with E-state index in [1.54, 1.807) is 6.20 Å². The molecule has 1 aliphatic rings. The van der Waals surface area contributed by atoms with Crippen molar-refractivity contribution in [2.45, 2.75) is 58.8 Å². The maximum absolute atomic E-state index is 12.4. The first-order valence-electron chi connectivity index (χ1n) is 11.8. The summed E-state index contributed by atoms with van der Waals surface area (Å²) in [5, 5.41) is 7.52. The van der Waals surface area contributed by atoms with Gasteiger partial charge in [-0.15, -0.1) is 0 Å². The summed E-state index contributed by atoms with van der Waals surface area (Å²) in [6.45, 7) is 8.63. The lowest BCUT2D eigenvalue weighted by Crippen LogP contribution is -2.37. The Labute approximate surface area is 195 Å². The van der Waals surface area contributed by atoms with Gasteiger partial charge in [0.15, 0.2) is 0 Å². The lowest BCUT2D eigenvalue weighted by atomic mass is 10.1. The van der Waals surface area contributed by atoms with Crippen LogP contribution in [0.15, 0.2) is 54.9 Å². The minimum Gasteiger partial charge on any atom is -0.490 e. The summed E-state index contributed by atoms with van der Waals surface area (Å²) >= 11 is 0. The number of amides is 1. The van der Waals surface area contributed by atoms with Gasteiger partial charge in [-0.1, -0.05) is 13.0 Å². The molecule has 3 heterocycles. The van der Waals surface area contributed by atoms with Crippen molar-refractivity contribution in [2.75, 3.05) is 13.1 Å². The highest BCUT2D eigenvalue weighted by atomic mass is 16.5. The van der Waals surface area contributed by atoms with Gasteiger partial charge in [0.2, 0.25) is 0 Å². The summed E-state index contributed by atoms with van der Waals surface area (Å²) in [6, 6.07) is 13.1. The third-order valence-corrected chi connectivity index (χ3v) is 6.00. The summed E-state index contributed by atoms with van der Waals surface area (Å²) in [5.74, 6) is 0.699. The Kier molecular flexibility index (Phi) is 7.73. The number of piperidine rings is 1. The van der Waals surface area contributed by atoms with E-state index in [0.717, 1.165) is 62.6 Å². The fraction of sp³-hybridized carbons (Fsp3) is 0.423. The largest absolute Gasteiger partial charge is 0.490 e. The molecule has 33 heavy (non-hydrogen) atoms. The average molecular weight is 448 g/mol. The predicted octanol–water partition coefficient (Wildman–Crippen LogP) is 3.97. The number of benzene rings is 1. The zero-order valence-electron chi connectivity index (χ0n) is 19.5. The Morgan fingerprint density at radius 2 is 1.94 bits per heavy atom. The second-order valence-corrected chi connectivity index (χ2v) is 8.62. The summed E-state index contributed by atoms with van der Waals surface area (Å²) in [5.41, 5.74) is 3.90. The van der Waals surface area contributed by atoms with E-state index in [1.807, 2.05) is 42.5 Å². The minimum absolute atomic E-state index is 0.113. The number of nitrogens with zero attached hydrogens (tertiary/aromatic N) is 4. The monoisotopic (exact) mass is 447 g/mol. The predicted molar refractivity (Wildman–Crippen MR) is 128 cm³/mol. The van der Waals surface area contributed by atoms with Crippen molar-refractivity contribution in [3.63, 3.8) is 0 Å². The van der Waals surface area contributed by atoms with Crippen LogP contribution < -0.4 is 10.1 Å². The van der Waals surface area contributed by atoms with Gasteiger partial charge in [-0.05, 0) is 62.6 Å². The molecule has 1 fully saturated rings. The number of ether oxygens (including phenoxy) is 1. The van der Waals surface area contributed by atoms with E-state index in [9.17, 15) is 4.79 Å². The van der Waals surface area contributed by atoms with Gasteiger partial charge in [0, 0.05) is 49.7 Å². The number of likely N-dealkylation sites (tertiary alicyclic amines) is 1. The van der Waals surface area contributed by atoms with Gasteiger partial charge in [-0.3, -0.25) is 19.4 Å². The maximum atomic E-state index is 12.4. The molecule has 0 radical (unpaired) electrons. The van der Waals surface area contributed by atoms with E-state index in [0.29, 0.717) is 12.1 Å². The van der Waals surface area contributed by atoms with Crippen LogP contribution in [0.4, 0.5) is 0 Å². The number of aryl methyl sites for hydroxylation is 2. The summed E-state index contributed by atoms with van der Waals surface area (Å²) in [7, 11) is 0. The van der Waals surface area contributed by atoms with Crippen molar-refractivity contribution in [1.29, 1.82) is 0 Å². The zero-order valence-corrected chi connectivity index (χ0v) is 19.5. The number of rotatable bonds is 9. The van der Waals surface area contributed by atoms with Crippen LogP contribution in [0.3, 0.4) is 0 Å². The van der Waals surface area contributed by atoms with E-state index in [-0.39, 0.29) is 12.0 Å². The fourth-order valence-electron chi connectivity index (χ4n) is 4.14. The number of hydrogen-bond acceptors (Lipinski definition) is 5. The fourth-order valence-corrected chi connectivity index (χ4v) is 4.14. The quantitative estimate of drug-likeness (QED) is 0.537. The van der Waals surface area contributed by atoms with Gasteiger partial charge in [-0.2, -0.15) is 5.10 Å². The van der Waals surface area contributed by atoms with E-state index in [2.05, 4.69) is 45.0 Å². The van der Waals surface area contributed by atoms with Crippen LogP contribution in [0.5, 0.6) is 5.75 Å². The minimum atomic E-state index is -0.113. The molecule has 2 aromatic heterocycles. The third-order valence-electron chi connectivity index (χ3n) is 6.00. The summed E-state index contributed by atoms with van der Waals surface area (Å²) < 4.78 is 8.25. The van der Waals surface area contributed by atoms with Gasteiger partial charge in [0.25, 0.3) is 5.91 Å². The molecule has 0 spiro atoms. The second kappa shape index (κ2) is 11.1. The highest BCUT2D eigenvalue weighted by molar-refractivity contribution is 5.94. The molecule has 174 valence electrons.